The summed E-state index contributed by atoms with van der Waals surface area (Å²) in [6, 6.07) is 6.87. The molecular formula is C27H36ClN5O3S. The molecule has 0 radical (unpaired) electrons. The topological polar surface area (TPSA) is 110 Å². The predicted molar refractivity (Wildman–Crippen MR) is 147 cm³/mol. The first-order chi connectivity index (χ1) is 17.9. The van der Waals surface area contributed by atoms with Crippen molar-refractivity contribution in [3.8, 4) is 0 Å². The summed E-state index contributed by atoms with van der Waals surface area (Å²) in [7, 11) is 0. The fraction of sp³-hybridized carbons (Fsp3) is 0.556. The second-order valence-corrected chi connectivity index (χ2v) is 11.1. The Bertz CT molecular complexity index is 1050. The summed E-state index contributed by atoms with van der Waals surface area (Å²) in [5.41, 5.74) is 1.17. The molecule has 0 unspecified atom stereocenters. The van der Waals surface area contributed by atoms with E-state index in [0.717, 1.165) is 36.9 Å². The van der Waals surface area contributed by atoms with Crippen LogP contribution in [0, 0.1) is 11.3 Å². The molecule has 2 aromatic rings. The average molecular weight is 546 g/mol. The van der Waals surface area contributed by atoms with E-state index in [9.17, 15) is 14.7 Å². The van der Waals surface area contributed by atoms with Gasteiger partial charge < -0.3 is 25.6 Å². The van der Waals surface area contributed by atoms with E-state index in [1.54, 1.807) is 6.33 Å². The molecule has 1 aliphatic carbocycles. The number of carbonyl (C=O) groups is 2. The van der Waals surface area contributed by atoms with Crippen LogP contribution in [0.25, 0.3) is 0 Å². The van der Waals surface area contributed by atoms with Gasteiger partial charge in [-0.2, -0.15) is 0 Å². The van der Waals surface area contributed by atoms with Gasteiger partial charge in [0.05, 0.1) is 17.4 Å². The number of aromatic nitrogens is 2. The van der Waals surface area contributed by atoms with Crippen LogP contribution in [0.1, 0.15) is 56.2 Å². The first-order valence-corrected chi connectivity index (χ1v) is 13.9. The number of halogens is 1. The molecule has 2 fully saturated rings. The van der Waals surface area contributed by atoms with Gasteiger partial charge in [-0.1, -0.05) is 43.0 Å². The fourth-order valence-corrected chi connectivity index (χ4v) is 6.17. The second kappa shape index (κ2) is 12.7. The highest BCUT2D eigenvalue weighted by molar-refractivity contribution is 7.80. The third kappa shape index (κ3) is 7.02. The Morgan fingerprint density at radius 3 is 2.51 bits per heavy atom. The summed E-state index contributed by atoms with van der Waals surface area (Å²) in [4.78, 5) is 35.1. The van der Waals surface area contributed by atoms with Crippen molar-refractivity contribution in [1.29, 1.82) is 0 Å². The molecule has 200 valence electrons. The smallest absolute Gasteiger partial charge is 0.310 e. The van der Waals surface area contributed by atoms with Gasteiger partial charge in [-0.15, -0.1) is 0 Å². The predicted octanol–water partition coefficient (Wildman–Crippen LogP) is 3.95. The van der Waals surface area contributed by atoms with Gasteiger partial charge in [0.1, 0.15) is 6.04 Å². The van der Waals surface area contributed by atoms with E-state index in [-0.39, 0.29) is 11.8 Å². The maximum absolute atomic E-state index is 13.7. The van der Waals surface area contributed by atoms with Crippen molar-refractivity contribution >= 4 is 40.8 Å². The van der Waals surface area contributed by atoms with Crippen LogP contribution in [0.4, 0.5) is 0 Å². The molecule has 4 rings (SSSR count). The van der Waals surface area contributed by atoms with Crippen LogP contribution in [0.15, 0.2) is 36.8 Å². The zero-order valence-corrected chi connectivity index (χ0v) is 22.6. The molecule has 4 N–H and O–H groups in total. The minimum Gasteiger partial charge on any atom is -0.481 e. The van der Waals surface area contributed by atoms with Crippen molar-refractivity contribution in [2.75, 3.05) is 19.6 Å². The Morgan fingerprint density at radius 2 is 1.89 bits per heavy atom. The number of piperidine rings is 1. The molecular weight excluding hydrogens is 510 g/mol. The second-order valence-electron chi connectivity index (χ2n) is 10.2. The normalized spacial score (nSPS) is 18.7. The van der Waals surface area contributed by atoms with Crippen LogP contribution in [0.2, 0.25) is 5.02 Å². The Labute approximate surface area is 228 Å². The number of benzene rings is 1. The number of aromatic amines is 1. The maximum Gasteiger partial charge on any atom is 0.310 e. The molecule has 1 aromatic carbocycles. The summed E-state index contributed by atoms with van der Waals surface area (Å²) in [6.45, 7) is 1.48. The third-order valence-electron chi connectivity index (χ3n) is 7.96. The lowest BCUT2D eigenvalue weighted by atomic mass is 9.64. The van der Waals surface area contributed by atoms with E-state index in [2.05, 4.69) is 20.6 Å². The zero-order chi connectivity index (χ0) is 26.3. The number of rotatable bonds is 9. The Balaban J connectivity index is 1.40. The number of imidazole rings is 1. The lowest BCUT2D eigenvalue weighted by molar-refractivity contribution is -0.160. The molecule has 0 spiro atoms. The molecule has 10 heteroatoms. The number of hydrogen-bond donors (Lipinski definition) is 4. The summed E-state index contributed by atoms with van der Waals surface area (Å²) < 4.78 is 0. The number of nitrogens with zero attached hydrogens (tertiary/aromatic N) is 2. The summed E-state index contributed by atoms with van der Waals surface area (Å²) in [5.74, 6) is -0.566. The van der Waals surface area contributed by atoms with Crippen molar-refractivity contribution in [1.82, 2.24) is 25.5 Å². The van der Waals surface area contributed by atoms with Crippen LogP contribution in [0.5, 0.6) is 0 Å². The molecule has 37 heavy (non-hydrogen) atoms. The van der Waals surface area contributed by atoms with E-state index in [1.807, 2.05) is 35.4 Å². The van der Waals surface area contributed by atoms with Crippen molar-refractivity contribution in [3.63, 3.8) is 0 Å². The molecule has 1 saturated carbocycles. The van der Waals surface area contributed by atoms with E-state index in [0.29, 0.717) is 55.5 Å². The van der Waals surface area contributed by atoms with Gasteiger partial charge in [-0.05, 0) is 61.5 Å². The third-order valence-corrected chi connectivity index (χ3v) is 8.47. The fourth-order valence-electron chi connectivity index (χ4n) is 5.80. The number of nitrogens with one attached hydrogen (secondary N) is 3. The molecule has 2 heterocycles. The van der Waals surface area contributed by atoms with E-state index >= 15 is 0 Å². The summed E-state index contributed by atoms with van der Waals surface area (Å²) in [5, 5.41) is 17.6. The van der Waals surface area contributed by atoms with Crippen molar-refractivity contribution in [2.24, 2.45) is 11.3 Å². The Hall–Kier alpha value is -2.65. The summed E-state index contributed by atoms with van der Waals surface area (Å²) >= 11 is 11.6. The number of thiocarbonyl (C=S) groups is 1. The number of carboxylic acids is 1. The standard InChI is InChI=1S/C27H36ClN5O3S/c28-21-8-6-19(7-9-21)16-23(32-26(37)30-13-10-22-17-29-18-31-22)24(34)33-14-11-27(12-15-33,25(35)36)20-4-2-1-3-5-20/h6-9,17-18,20,23H,1-5,10-16H2,(H,29,31)(H,35,36)(H2,30,32,37)/t23-/m1/s1. The molecule has 1 aromatic heterocycles. The molecule has 1 saturated heterocycles. The minimum atomic E-state index is -0.723. The first-order valence-electron chi connectivity index (χ1n) is 13.2. The minimum absolute atomic E-state index is 0.0611. The number of carboxylic acid groups (broad SMARTS) is 1. The maximum atomic E-state index is 13.7. The molecule has 1 atom stereocenters. The van der Waals surface area contributed by atoms with Gasteiger partial charge in [0.25, 0.3) is 0 Å². The number of likely N-dealkylation sites (tertiary alicyclic amines) is 1. The number of hydrogen-bond acceptors (Lipinski definition) is 4. The zero-order valence-electron chi connectivity index (χ0n) is 21.0. The molecule has 1 aliphatic heterocycles. The lowest BCUT2D eigenvalue weighted by Crippen LogP contribution is -2.56. The molecule has 0 bridgehead atoms. The molecule has 8 nitrogen and oxygen atoms in total. The number of aliphatic carboxylic acids is 1. The van der Waals surface area contributed by atoms with Crippen molar-refractivity contribution < 1.29 is 14.7 Å². The highest BCUT2D eigenvalue weighted by Crippen LogP contribution is 2.46. The van der Waals surface area contributed by atoms with Crippen LogP contribution < -0.4 is 10.6 Å². The quantitative estimate of drug-likeness (QED) is 0.353. The van der Waals surface area contributed by atoms with Gasteiger partial charge in [0.2, 0.25) is 5.91 Å². The van der Waals surface area contributed by atoms with Crippen LogP contribution in [-0.4, -0.2) is 62.6 Å². The largest absolute Gasteiger partial charge is 0.481 e. The highest BCUT2D eigenvalue weighted by atomic mass is 35.5. The van der Waals surface area contributed by atoms with E-state index in [4.69, 9.17) is 23.8 Å². The Morgan fingerprint density at radius 1 is 1.19 bits per heavy atom. The van der Waals surface area contributed by atoms with E-state index in [1.165, 1.54) is 6.42 Å². The Kier molecular flexibility index (Phi) is 9.43. The lowest BCUT2D eigenvalue weighted by Gasteiger charge is -2.45. The van der Waals surface area contributed by atoms with Gasteiger partial charge in [0.15, 0.2) is 5.11 Å². The number of amides is 1. The highest BCUT2D eigenvalue weighted by Gasteiger charge is 2.48. The molecule has 1 amide bonds. The van der Waals surface area contributed by atoms with Gasteiger partial charge >= 0.3 is 5.97 Å². The van der Waals surface area contributed by atoms with E-state index < -0.39 is 17.4 Å². The molecule has 2 aliphatic rings. The number of carbonyl (C=O) groups excluding carboxylic acids is 1. The first kappa shape index (κ1) is 27.4. The SMILES string of the molecule is O=C([C@@H](Cc1ccc(Cl)cc1)NC(=S)NCCc1c[nH]cn1)N1CCC(C(=O)O)(C2CCCCC2)CC1. The average Bonchev–Trinajstić information content (AvgIpc) is 3.43. The summed E-state index contributed by atoms with van der Waals surface area (Å²) in [6.07, 6.45) is 10.9. The van der Waals surface area contributed by atoms with Crippen molar-refractivity contribution in [3.05, 3.63) is 53.1 Å². The van der Waals surface area contributed by atoms with Crippen LogP contribution in [-0.2, 0) is 22.4 Å². The van der Waals surface area contributed by atoms with Gasteiger partial charge in [0, 0.05) is 43.7 Å². The number of H-pyrrole nitrogens is 1. The van der Waals surface area contributed by atoms with Gasteiger partial charge in [-0.3, -0.25) is 9.59 Å². The van der Waals surface area contributed by atoms with Gasteiger partial charge in [-0.25, -0.2) is 4.98 Å². The van der Waals surface area contributed by atoms with Crippen molar-refractivity contribution in [2.45, 2.75) is 63.8 Å². The van der Waals surface area contributed by atoms with Crippen LogP contribution >= 0.6 is 23.8 Å². The monoisotopic (exact) mass is 545 g/mol. The van der Waals surface area contributed by atoms with Crippen LogP contribution in [0.3, 0.4) is 0 Å².